The number of carboxylic acid groups (broad SMARTS) is 1. The van der Waals surface area contributed by atoms with Crippen molar-refractivity contribution in [2.24, 2.45) is 0 Å². The minimum absolute atomic E-state index is 0.00464. The molecule has 6 aromatic carbocycles. The van der Waals surface area contributed by atoms with E-state index in [4.69, 9.17) is 51.7 Å². The van der Waals surface area contributed by atoms with E-state index in [2.05, 4.69) is 54.6 Å². The minimum Gasteiger partial charge on any atom is -0.497 e. The Kier molecular flexibility index (Phi) is 17.1. The zero-order valence-corrected chi connectivity index (χ0v) is 44.1. The summed E-state index contributed by atoms with van der Waals surface area (Å²) in [7, 11) is 3.29. The van der Waals surface area contributed by atoms with E-state index in [1.165, 1.54) is 12.8 Å². The van der Waals surface area contributed by atoms with Crippen LogP contribution in [0.1, 0.15) is 111 Å². The summed E-state index contributed by atoms with van der Waals surface area (Å²) in [6.45, 7) is 2.20. The van der Waals surface area contributed by atoms with Gasteiger partial charge in [-0.1, -0.05) is 197 Å². The number of methoxy groups -OCH3 is 2. The average molecular weight is 1040 g/mol. The summed E-state index contributed by atoms with van der Waals surface area (Å²) in [5.41, 5.74) is 2.06. The predicted octanol–water partition coefficient (Wildman–Crippen LogP) is 14.8. The van der Waals surface area contributed by atoms with Crippen molar-refractivity contribution in [2.75, 3.05) is 19.5 Å². The monoisotopic (exact) mass is 1040 g/mol. The molecule has 76 heavy (non-hydrogen) atoms. The van der Waals surface area contributed by atoms with Crippen LogP contribution < -0.4 is 14.8 Å². The summed E-state index contributed by atoms with van der Waals surface area (Å²) in [4.78, 5) is 22.4. The van der Waals surface area contributed by atoms with Crippen molar-refractivity contribution in [3.63, 3.8) is 0 Å². The smallest absolute Gasteiger partial charge is 0.497 e. The van der Waals surface area contributed by atoms with E-state index in [1.807, 2.05) is 150 Å². The molecule has 8 aromatic rings. The Hall–Kier alpha value is -7.62. The number of aromatic nitrogens is 3. The summed E-state index contributed by atoms with van der Waals surface area (Å²) in [6.07, 6.45) is 12.9. The molecule has 3 heterocycles. The number of ether oxygens (including phenoxy) is 5. The Morgan fingerprint density at radius 3 is 1.72 bits per heavy atom. The highest BCUT2D eigenvalue weighted by Gasteiger charge is 2.55. The van der Waals surface area contributed by atoms with Gasteiger partial charge in [-0.15, -0.1) is 6.42 Å². The molecular formula is C64H65ClN4O7. The number of nitrogens with zero attached hydrogens (tertiary/aromatic N) is 3. The summed E-state index contributed by atoms with van der Waals surface area (Å²) in [5, 5.41) is 14.8. The molecule has 0 bridgehead atoms. The van der Waals surface area contributed by atoms with Crippen LogP contribution in [0.25, 0.3) is 11.0 Å². The minimum atomic E-state index is -1.54. The molecule has 11 nitrogen and oxygen atoms in total. The molecule has 0 saturated carbocycles. The zero-order valence-electron chi connectivity index (χ0n) is 43.3. The molecule has 1 aliphatic rings. The van der Waals surface area contributed by atoms with Gasteiger partial charge in [0.25, 0.3) is 0 Å². The first-order valence-electron chi connectivity index (χ1n) is 26.2. The highest BCUT2D eigenvalue weighted by atomic mass is 35.5. The van der Waals surface area contributed by atoms with Crippen LogP contribution in [0.2, 0.25) is 5.28 Å². The molecule has 0 amide bonds. The Bertz CT molecular complexity index is 3090. The molecule has 1 fully saturated rings. The van der Waals surface area contributed by atoms with Crippen molar-refractivity contribution in [1.29, 1.82) is 0 Å². The van der Waals surface area contributed by atoms with Crippen molar-refractivity contribution in [3.8, 4) is 23.8 Å². The van der Waals surface area contributed by atoms with Crippen molar-refractivity contribution in [2.45, 2.75) is 106 Å². The van der Waals surface area contributed by atoms with Crippen LogP contribution in [0.4, 0.5) is 10.6 Å². The van der Waals surface area contributed by atoms with Crippen LogP contribution in [0.15, 0.2) is 182 Å². The molecule has 1 unspecified atom stereocenters. The van der Waals surface area contributed by atoms with E-state index in [1.54, 1.807) is 14.2 Å². The lowest BCUT2D eigenvalue weighted by atomic mass is 9.77. The van der Waals surface area contributed by atoms with Crippen molar-refractivity contribution >= 4 is 34.6 Å². The van der Waals surface area contributed by atoms with E-state index >= 15 is 0 Å². The summed E-state index contributed by atoms with van der Waals surface area (Å²) < 4.78 is 34.1. The van der Waals surface area contributed by atoms with Gasteiger partial charge in [0.1, 0.15) is 52.5 Å². The lowest BCUT2D eigenvalue weighted by Gasteiger charge is -2.42. The third-order valence-corrected chi connectivity index (χ3v) is 14.9. The second-order valence-corrected chi connectivity index (χ2v) is 19.7. The Labute approximate surface area is 451 Å². The highest BCUT2D eigenvalue weighted by molar-refractivity contribution is 6.28. The molecule has 1 saturated heterocycles. The van der Waals surface area contributed by atoms with Gasteiger partial charge in [0.2, 0.25) is 5.28 Å². The normalized spacial score (nSPS) is 16.9. The van der Waals surface area contributed by atoms with E-state index in [-0.39, 0.29) is 18.1 Å². The molecule has 2 aromatic heterocycles. The molecule has 0 radical (unpaired) electrons. The number of carbonyl (C=O) groups is 1. The SMILES string of the molecule is C#C[C@@]1(CC(CCCCCCCCC)OC(=O)O)O[C@@H](n2ccc3c(NC(c4ccccc4)(c4ccccc4)c4ccc(OC)cc4)nc(Cl)nc32)C[C@@H]1OC(c1ccccc1)(c1ccccc1)c1ccc(OC)cc1. The van der Waals surface area contributed by atoms with Crippen molar-refractivity contribution in [3.05, 3.63) is 221 Å². The van der Waals surface area contributed by atoms with E-state index in [0.29, 0.717) is 29.0 Å². The lowest BCUT2D eigenvalue weighted by molar-refractivity contribution is -0.132. The molecule has 0 spiro atoms. The number of unbranched alkanes of at least 4 members (excludes halogenated alkanes) is 6. The second-order valence-electron chi connectivity index (χ2n) is 19.3. The number of halogens is 1. The number of hydrogen-bond donors (Lipinski definition) is 2. The topological polar surface area (TPSA) is 126 Å². The van der Waals surface area contributed by atoms with Gasteiger partial charge < -0.3 is 38.7 Å². The number of anilines is 1. The standard InChI is InChI=1S/C64H65ClN4O7/c1-5-7-8-9-10-11-24-33-54(74-61(70)71)45-62(6-2)56(75-64(49-29-20-14-21-30-49,50-31-22-15-23-32-50)51-36-40-53(73-4)41-37-51)44-57(76-62)69-43-42-55-58(66-60(65)67-59(55)69)68-63(46-25-16-12-17-26-46,47-27-18-13-19-28-47)48-34-38-52(72-3)39-35-48/h2,12-23,25-32,34-43,54,56-57H,5,7-11,24,33,44-45H2,1,3-4H3,(H,70,71)(H,66,67,68)/t54?,56-,57+,62-/m0/s1. The Morgan fingerprint density at radius 1 is 0.724 bits per heavy atom. The van der Waals surface area contributed by atoms with Gasteiger partial charge in [0.05, 0.1) is 19.6 Å². The van der Waals surface area contributed by atoms with Gasteiger partial charge in [-0.3, -0.25) is 0 Å². The molecule has 0 aliphatic carbocycles. The van der Waals surface area contributed by atoms with Gasteiger partial charge in [-0.05, 0) is 88.2 Å². The van der Waals surface area contributed by atoms with Gasteiger partial charge in [0.15, 0.2) is 5.60 Å². The summed E-state index contributed by atoms with van der Waals surface area (Å²) in [5.74, 6) is 4.95. The lowest BCUT2D eigenvalue weighted by Crippen LogP contribution is -2.48. The van der Waals surface area contributed by atoms with Gasteiger partial charge in [-0.25, -0.2) is 9.78 Å². The average Bonchev–Trinajstić information content (AvgIpc) is 4.05. The summed E-state index contributed by atoms with van der Waals surface area (Å²) >= 11 is 7.03. The predicted molar refractivity (Wildman–Crippen MR) is 299 cm³/mol. The van der Waals surface area contributed by atoms with Crippen LogP contribution >= 0.6 is 11.6 Å². The Morgan fingerprint density at radius 2 is 1.21 bits per heavy atom. The first-order chi connectivity index (χ1) is 37.2. The third-order valence-electron chi connectivity index (χ3n) is 14.7. The maximum atomic E-state index is 12.6. The largest absolute Gasteiger partial charge is 0.506 e. The fraction of sp³-hybridized carbons (Fsp3) is 0.297. The Balaban J connectivity index is 1.18. The molecule has 390 valence electrons. The van der Waals surface area contributed by atoms with Crippen LogP contribution in [0.3, 0.4) is 0 Å². The molecule has 4 atom stereocenters. The molecule has 1 aliphatic heterocycles. The number of hydrogen-bond acceptors (Lipinski definition) is 9. The maximum Gasteiger partial charge on any atom is 0.506 e. The van der Waals surface area contributed by atoms with Gasteiger partial charge in [0, 0.05) is 19.0 Å². The maximum absolute atomic E-state index is 12.6. The fourth-order valence-corrected chi connectivity index (χ4v) is 11.1. The fourth-order valence-electron chi connectivity index (χ4n) is 11.0. The van der Waals surface area contributed by atoms with E-state index in [0.717, 1.165) is 71.2 Å². The zero-order chi connectivity index (χ0) is 53.0. The van der Waals surface area contributed by atoms with Gasteiger partial charge >= 0.3 is 6.16 Å². The molecule has 9 rings (SSSR count). The number of nitrogens with one attached hydrogen (secondary N) is 1. The van der Waals surface area contributed by atoms with E-state index < -0.39 is 41.3 Å². The van der Waals surface area contributed by atoms with Crippen molar-refractivity contribution in [1.82, 2.24) is 14.5 Å². The van der Waals surface area contributed by atoms with E-state index in [9.17, 15) is 9.90 Å². The molecule has 12 heteroatoms. The van der Waals surface area contributed by atoms with Crippen molar-refractivity contribution < 1.29 is 33.6 Å². The van der Waals surface area contributed by atoms with Crippen LogP contribution in [0.5, 0.6) is 11.5 Å². The number of benzene rings is 6. The second kappa shape index (κ2) is 24.4. The van der Waals surface area contributed by atoms with Gasteiger partial charge in [-0.2, -0.15) is 4.98 Å². The van der Waals surface area contributed by atoms with Crippen LogP contribution in [0, 0.1) is 12.3 Å². The van der Waals surface area contributed by atoms with Crippen LogP contribution in [-0.4, -0.2) is 57.8 Å². The first-order valence-corrected chi connectivity index (χ1v) is 26.6. The number of rotatable bonds is 24. The summed E-state index contributed by atoms with van der Waals surface area (Å²) in [6, 6.07) is 58.3. The molecule has 2 N–H and O–H groups in total. The quantitative estimate of drug-likeness (QED) is 0.0199. The third kappa shape index (κ3) is 11.2. The van der Waals surface area contributed by atoms with Crippen LogP contribution in [-0.2, 0) is 25.4 Å². The first kappa shape index (κ1) is 53.2. The highest BCUT2D eigenvalue weighted by Crippen LogP contribution is 2.51. The molecular weight excluding hydrogens is 972 g/mol. The number of terminal acetylenes is 1. The number of fused-ring (bicyclic) bond motifs is 1.